The minimum Gasteiger partial charge on any atom is -0.493 e. The number of hydrogen-bond acceptors (Lipinski definition) is 5. The SMILES string of the molecule is I.NC(=NCC1CCOc2ccccc21)N1CCN(c2ncccn2)CC1. The molecular weight excluding hydrogens is 455 g/mol. The van der Waals surface area contributed by atoms with E-state index in [2.05, 4.69) is 36.9 Å². The van der Waals surface area contributed by atoms with Crippen LogP contribution >= 0.6 is 24.0 Å². The second-order valence-electron chi connectivity index (χ2n) is 6.59. The summed E-state index contributed by atoms with van der Waals surface area (Å²) in [4.78, 5) is 17.6. The van der Waals surface area contributed by atoms with E-state index in [0.29, 0.717) is 18.4 Å². The van der Waals surface area contributed by atoms with Crippen LogP contribution < -0.4 is 15.4 Å². The summed E-state index contributed by atoms with van der Waals surface area (Å²) in [5.41, 5.74) is 7.50. The molecule has 0 radical (unpaired) electrons. The molecule has 0 bridgehead atoms. The van der Waals surface area contributed by atoms with Gasteiger partial charge in [0.2, 0.25) is 5.95 Å². The molecule has 144 valence electrons. The van der Waals surface area contributed by atoms with Crippen LogP contribution in [-0.4, -0.2) is 60.2 Å². The van der Waals surface area contributed by atoms with Gasteiger partial charge in [-0.25, -0.2) is 9.97 Å². The van der Waals surface area contributed by atoms with Gasteiger partial charge in [-0.05, 0) is 24.1 Å². The number of fused-ring (bicyclic) bond motifs is 1. The third-order valence-corrected chi connectivity index (χ3v) is 5.00. The lowest BCUT2D eigenvalue weighted by atomic mass is 9.93. The van der Waals surface area contributed by atoms with Gasteiger partial charge in [0.05, 0.1) is 6.61 Å². The second kappa shape index (κ2) is 9.20. The van der Waals surface area contributed by atoms with Gasteiger partial charge >= 0.3 is 0 Å². The van der Waals surface area contributed by atoms with Crippen molar-refractivity contribution in [2.24, 2.45) is 10.7 Å². The maximum Gasteiger partial charge on any atom is 0.225 e. The summed E-state index contributed by atoms with van der Waals surface area (Å²) in [7, 11) is 0. The molecule has 27 heavy (non-hydrogen) atoms. The van der Waals surface area contributed by atoms with E-state index in [-0.39, 0.29) is 24.0 Å². The normalized spacial score (nSPS) is 19.7. The average molecular weight is 480 g/mol. The van der Waals surface area contributed by atoms with Crippen LogP contribution in [-0.2, 0) is 0 Å². The lowest BCUT2D eigenvalue weighted by Gasteiger charge is -2.35. The number of halogens is 1. The van der Waals surface area contributed by atoms with Crippen LogP contribution in [0.5, 0.6) is 5.75 Å². The summed E-state index contributed by atoms with van der Waals surface area (Å²) >= 11 is 0. The zero-order valence-electron chi connectivity index (χ0n) is 15.2. The molecule has 8 heteroatoms. The number of rotatable bonds is 3. The number of ether oxygens (including phenoxy) is 1. The Morgan fingerprint density at radius 3 is 2.63 bits per heavy atom. The molecule has 0 amide bonds. The molecule has 0 saturated carbocycles. The molecule has 0 spiro atoms. The smallest absolute Gasteiger partial charge is 0.225 e. The Balaban J connectivity index is 0.00000210. The van der Waals surface area contributed by atoms with Crippen LogP contribution in [0.4, 0.5) is 5.95 Å². The molecular formula is C19H25IN6O. The molecule has 7 nitrogen and oxygen atoms in total. The molecule has 1 aromatic carbocycles. The molecule has 2 N–H and O–H groups in total. The second-order valence-corrected chi connectivity index (χ2v) is 6.59. The van der Waals surface area contributed by atoms with Crippen molar-refractivity contribution in [1.82, 2.24) is 14.9 Å². The van der Waals surface area contributed by atoms with E-state index in [1.54, 1.807) is 12.4 Å². The molecule has 1 aromatic heterocycles. The van der Waals surface area contributed by atoms with Crippen LogP contribution in [0.1, 0.15) is 17.9 Å². The lowest BCUT2D eigenvalue weighted by Crippen LogP contribution is -2.51. The number of benzene rings is 1. The van der Waals surface area contributed by atoms with Gasteiger partial charge in [-0.15, -0.1) is 24.0 Å². The molecule has 1 fully saturated rings. The van der Waals surface area contributed by atoms with Crippen LogP contribution in [0.3, 0.4) is 0 Å². The van der Waals surface area contributed by atoms with Gasteiger partial charge < -0.3 is 20.3 Å². The summed E-state index contributed by atoms with van der Waals surface area (Å²) in [5.74, 6) is 2.76. The Morgan fingerprint density at radius 2 is 1.85 bits per heavy atom. The highest BCUT2D eigenvalue weighted by atomic mass is 127. The van der Waals surface area contributed by atoms with E-state index in [9.17, 15) is 0 Å². The van der Waals surface area contributed by atoms with Crippen LogP contribution in [0.15, 0.2) is 47.7 Å². The molecule has 1 atom stereocenters. The van der Waals surface area contributed by atoms with Gasteiger partial charge in [-0.2, -0.15) is 0 Å². The molecule has 2 aliphatic rings. The van der Waals surface area contributed by atoms with Crippen molar-refractivity contribution < 1.29 is 4.74 Å². The summed E-state index contributed by atoms with van der Waals surface area (Å²) in [6.07, 6.45) is 4.53. The van der Waals surface area contributed by atoms with Crippen molar-refractivity contribution in [1.29, 1.82) is 0 Å². The highest BCUT2D eigenvalue weighted by molar-refractivity contribution is 14.0. The average Bonchev–Trinajstić information content (AvgIpc) is 2.73. The lowest BCUT2D eigenvalue weighted by molar-refractivity contribution is 0.268. The fraction of sp³-hybridized carbons (Fsp3) is 0.421. The minimum atomic E-state index is 0. The van der Waals surface area contributed by atoms with Crippen LogP contribution in [0.25, 0.3) is 0 Å². The largest absolute Gasteiger partial charge is 0.493 e. The Morgan fingerprint density at radius 1 is 1.11 bits per heavy atom. The number of anilines is 1. The van der Waals surface area contributed by atoms with E-state index in [1.807, 2.05) is 18.2 Å². The number of nitrogens with two attached hydrogens (primary N) is 1. The van der Waals surface area contributed by atoms with E-state index in [1.165, 1.54) is 5.56 Å². The Bertz CT molecular complexity index is 764. The molecule has 1 unspecified atom stereocenters. The quantitative estimate of drug-likeness (QED) is 0.412. The zero-order valence-corrected chi connectivity index (χ0v) is 17.5. The number of nitrogens with zero attached hydrogens (tertiary/aromatic N) is 5. The summed E-state index contributed by atoms with van der Waals surface area (Å²) in [6.45, 7) is 4.80. The standard InChI is InChI=1S/C19H24N6O.HI/c20-18(23-14-15-6-13-26-17-5-2-1-4-16(15)17)24-9-11-25(12-10-24)19-21-7-3-8-22-19;/h1-5,7-8,15H,6,9-14H2,(H2,20,23);1H. The van der Waals surface area contributed by atoms with E-state index in [0.717, 1.165) is 50.9 Å². The van der Waals surface area contributed by atoms with Crippen molar-refractivity contribution in [3.63, 3.8) is 0 Å². The monoisotopic (exact) mass is 480 g/mol. The Hall–Kier alpha value is -2.10. The summed E-state index contributed by atoms with van der Waals surface area (Å²) in [5, 5.41) is 0. The Kier molecular flexibility index (Phi) is 6.70. The highest BCUT2D eigenvalue weighted by Gasteiger charge is 2.22. The predicted molar refractivity (Wildman–Crippen MR) is 117 cm³/mol. The van der Waals surface area contributed by atoms with Gasteiger partial charge in [-0.3, -0.25) is 4.99 Å². The van der Waals surface area contributed by atoms with E-state index < -0.39 is 0 Å². The first-order chi connectivity index (χ1) is 12.8. The topological polar surface area (TPSA) is 79.9 Å². The first kappa shape index (κ1) is 19.7. The molecule has 0 aliphatic carbocycles. The Labute approximate surface area is 176 Å². The molecule has 2 aromatic rings. The molecule has 2 aliphatic heterocycles. The summed E-state index contributed by atoms with van der Waals surface area (Å²) < 4.78 is 5.72. The van der Waals surface area contributed by atoms with Gasteiger partial charge in [-0.1, -0.05) is 18.2 Å². The van der Waals surface area contributed by atoms with Gasteiger partial charge in [0.15, 0.2) is 5.96 Å². The number of piperazine rings is 1. The van der Waals surface area contributed by atoms with E-state index in [4.69, 9.17) is 10.5 Å². The molecule has 4 rings (SSSR count). The first-order valence-corrected chi connectivity index (χ1v) is 9.10. The maximum atomic E-state index is 6.26. The van der Waals surface area contributed by atoms with Crippen LogP contribution in [0, 0.1) is 0 Å². The number of para-hydroxylation sites is 1. The van der Waals surface area contributed by atoms with Crippen molar-refractivity contribution in [3.8, 4) is 5.75 Å². The van der Waals surface area contributed by atoms with Crippen molar-refractivity contribution in [3.05, 3.63) is 48.3 Å². The first-order valence-electron chi connectivity index (χ1n) is 9.10. The number of aliphatic imine (C=N–C) groups is 1. The molecule has 3 heterocycles. The summed E-state index contributed by atoms with van der Waals surface area (Å²) in [6, 6.07) is 10.1. The van der Waals surface area contributed by atoms with Crippen molar-refractivity contribution in [2.75, 3.05) is 44.2 Å². The van der Waals surface area contributed by atoms with Gasteiger partial charge in [0.25, 0.3) is 0 Å². The fourth-order valence-electron chi connectivity index (χ4n) is 3.50. The van der Waals surface area contributed by atoms with E-state index >= 15 is 0 Å². The third-order valence-electron chi connectivity index (χ3n) is 5.00. The zero-order chi connectivity index (χ0) is 17.8. The fourth-order valence-corrected chi connectivity index (χ4v) is 3.50. The minimum absolute atomic E-state index is 0. The number of guanidine groups is 1. The van der Waals surface area contributed by atoms with Gasteiger partial charge in [0, 0.05) is 51.0 Å². The predicted octanol–water partition coefficient (Wildman–Crippen LogP) is 2.10. The van der Waals surface area contributed by atoms with Crippen LogP contribution in [0.2, 0.25) is 0 Å². The van der Waals surface area contributed by atoms with Gasteiger partial charge in [0.1, 0.15) is 5.75 Å². The van der Waals surface area contributed by atoms with Crippen molar-refractivity contribution >= 4 is 35.9 Å². The highest BCUT2D eigenvalue weighted by Crippen LogP contribution is 2.33. The number of aromatic nitrogens is 2. The maximum absolute atomic E-state index is 6.26. The number of hydrogen-bond donors (Lipinski definition) is 1. The molecule has 1 saturated heterocycles. The van der Waals surface area contributed by atoms with Crippen molar-refractivity contribution in [2.45, 2.75) is 12.3 Å². The third kappa shape index (κ3) is 4.60.